The number of amides is 1. The molecule has 1 amide bonds. The lowest BCUT2D eigenvalue weighted by molar-refractivity contribution is -0.122. The molecule has 1 heterocycles. The average molecular weight is 336 g/mol. The fourth-order valence-electron chi connectivity index (χ4n) is 2.22. The molecule has 2 atom stereocenters. The summed E-state index contributed by atoms with van der Waals surface area (Å²) in [6, 6.07) is 9.29. The number of ketones is 1. The maximum absolute atomic E-state index is 12.3. The van der Waals surface area contributed by atoms with E-state index in [0.29, 0.717) is 16.3 Å². The summed E-state index contributed by atoms with van der Waals surface area (Å²) < 4.78 is 5.17. The number of Topliss-reactive ketones (excluding diaryl/α,β-unsaturated/α-hetero) is 1. The standard InChI is InChI=1S/C17H18ClNO4/c1-11(17(22)12-4-6-13(18)7-5-12)9-16(21)19-14(10-20)15-3-2-8-23-15/h2-8,11,14,20H,9-10H2,1H3,(H,19,21). The lowest BCUT2D eigenvalue weighted by atomic mass is 9.96. The van der Waals surface area contributed by atoms with Crippen LogP contribution in [0.15, 0.2) is 47.1 Å². The van der Waals surface area contributed by atoms with Gasteiger partial charge < -0.3 is 14.8 Å². The largest absolute Gasteiger partial charge is 0.467 e. The Hall–Kier alpha value is -2.11. The number of aliphatic hydroxyl groups excluding tert-OH is 1. The van der Waals surface area contributed by atoms with E-state index in [-0.39, 0.29) is 24.7 Å². The molecule has 0 saturated carbocycles. The minimum absolute atomic E-state index is 0.0265. The molecule has 0 radical (unpaired) electrons. The lowest BCUT2D eigenvalue weighted by Gasteiger charge is -2.16. The van der Waals surface area contributed by atoms with Crippen molar-refractivity contribution >= 4 is 23.3 Å². The summed E-state index contributed by atoms with van der Waals surface area (Å²) in [5, 5.41) is 12.6. The van der Waals surface area contributed by atoms with Crippen LogP contribution in [-0.4, -0.2) is 23.4 Å². The van der Waals surface area contributed by atoms with E-state index in [9.17, 15) is 14.7 Å². The molecule has 23 heavy (non-hydrogen) atoms. The third-order valence-corrected chi connectivity index (χ3v) is 3.72. The normalized spacial score (nSPS) is 13.3. The molecule has 0 aliphatic carbocycles. The molecular weight excluding hydrogens is 318 g/mol. The van der Waals surface area contributed by atoms with Gasteiger partial charge in [0.15, 0.2) is 5.78 Å². The van der Waals surface area contributed by atoms with Gasteiger partial charge in [-0.3, -0.25) is 9.59 Å². The zero-order chi connectivity index (χ0) is 16.8. The summed E-state index contributed by atoms with van der Waals surface area (Å²) in [5.74, 6) is -0.463. The Balaban J connectivity index is 1.93. The van der Waals surface area contributed by atoms with Gasteiger partial charge in [0.25, 0.3) is 0 Å². The number of carbonyl (C=O) groups is 2. The number of carbonyl (C=O) groups excluding carboxylic acids is 2. The highest BCUT2D eigenvalue weighted by molar-refractivity contribution is 6.30. The van der Waals surface area contributed by atoms with Gasteiger partial charge in [-0.15, -0.1) is 0 Å². The van der Waals surface area contributed by atoms with E-state index in [0.717, 1.165) is 0 Å². The van der Waals surface area contributed by atoms with Gasteiger partial charge >= 0.3 is 0 Å². The van der Waals surface area contributed by atoms with E-state index in [4.69, 9.17) is 16.0 Å². The molecule has 0 saturated heterocycles. The molecule has 0 spiro atoms. The first-order valence-electron chi connectivity index (χ1n) is 7.24. The molecule has 2 rings (SSSR count). The molecular formula is C17H18ClNO4. The van der Waals surface area contributed by atoms with Gasteiger partial charge in [0.2, 0.25) is 5.91 Å². The predicted octanol–water partition coefficient (Wildman–Crippen LogP) is 2.99. The minimum Gasteiger partial charge on any atom is -0.467 e. The molecule has 2 N–H and O–H groups in total. The van der Waals surface area contributed by atoms with E-state index >= 15 is 0 Å². The van der Waals surface area contributed by atoms with Crippen molar-refractivity contribution in [3.8, 4) is 0 Å². The van der Waals surface area contributed by atoms with Gasteiger partial charge in [-0.25, -0.2) is 0 Å². The Morgan fingerprint density at radius 2 is 1.96 bits per heavy atom. The highest BCUT2D eigenvalue weighted by Crippen LogP contribution is 2.17. The molecule has 2 aromatic rings. The quantitative estimate of drug-likeness (QED) is 0.762. The molecule has 1 aromatic heterocycles. The molecule has 0 aliphatic rings. The Bertz CT molecular complexity index is 652. The van der Waals surface area contributed by atoms with Gasteiger partial charge in [-0.2, -0.15) is 0 Å². The number of halogens is 1. The van der Waals surface area contributed by atoms with Crippen LogP contribution in [-0.2, 0) is 4.79 Å². The second-order valence-electron chi connectivity index (χ2n) is 5.29. The molecule has 5 nitrogen and oxygen atoms in total. The first kappa shape index (κ1) is 17.2. The summed E-state index contributed by atoms with van der Waals surface area (Å²) in [7, 11) is 0. The van der Waals surface area contributed by atoms with Crippen molar-refractivity contribution in [1.29, 1.82) is 0 Å². The molecule has 0 bridgehead atoms. The van der Waals surface area contributed by atoms with Crippen LogP contribution in [0.25, 0.3) is 0 Å². The minimum atomic E-state index is -0.615. The van der Waals surface area contributed by atoms with E-state index in [1.807, 2.05) is 0 Å². The number of aliphatic hydroxyl groups is 1. The van der Waals surface area contributed by atoms with Crippen LogP contribution in [0, 0.1) is 5.92 Å². The second-order valence-corrected chi connectivity index (χ2v) is 5.73. The number of nitrogens with one attached hydrogen (secondary N) is 1. The molecule has 6 heteroatoms. The van der Waals surface area contributed by atoms with Crippen molar-refractivity contribution < 1.29 is 19.1 Å². The maximum atomic E-state index is 12.3. The molecule has 122 valence electrons. The van der Waals surface area contributed by atoms with Crippen LogP contribution in [0.3, 0.4) is 0 Å². The van der Waals surface area contributed by atoms with Crippen LogP contribution in [0.5, 0.6) is 0 Å². The molecule has 0 aliphatic heterocycles. The van der Waals surface area contributed by atoms with E-state index in [1.54, 1.807) is 43.3 Å². The number of hydrogen-bond donors (Lipinski definition) is 2. The summed E-state index contributed by atoms with van der Waals surface area (Å²) in [6.45, 7) is 1.41. The van der Waals surface area contributed by atoms with Gasteiger partial charge in [0.05, 0.1) is 12.9 Å². The first-order valence-corrected chi connectivity index (χ1v) is 7.62. The van der Waals surface area contributed by atoms with Crippen LogP contribution in [0.4, 0.5) is 0 Å². The average Bonchev–Trinajstić information content (AvgIpc) is 3.06. The molecule has 1 aromatic carbocycles. The maximum Gasteiger partial charge on any atom is 0.221 e. The van der Waals surface area contributed by atoms with Gasteiger partial charge in [0.1, 0.15) is 11.8 Å². The van der Waals surface area contributed by atoms with Crippen molar-refractivity contribution in [3.63, 3.8) is 0 Å². The SMILES string of the molecule is CC(CC(=O)NC(CO)c1ccco1)C(=O)c1ccc(Cl)cc1. The summed E-state index contributed by atoms with van der Waals surface area (Å²) in [5.41, 5.74) is 0.513. The summed E-state index contributed by atoms with van der Waals surface area (Å²) >= 11 is 5.79. The zero-order valence-electron chi connectivity index (χ0n) is 12.7. The lowest BCUT2D eigenvalue weighted by Crippen LogP contribution is -2.32. The van der Waals surface area contributed by atoms with Crippen LogP contribution < -0.4 is 5.32 Å². The van der Waals surface area contributed by atoms with Crippen LogP contribution in [0.1, 0.15) is 35.5 Å². The van der Waals surface area contributed by atoms with Crippen LogP contribution in [0.2, 0.25) is 5.02 Å². The van der Waals surface area contributed by atoms with Crippen molar-refractivity contribution in [3.05, 3.63) is 59.0 Å². The van der Waals surface area contributed by atoms with Crippen molar-refractivity contribution in [1.82, 2.24) is 5.32 Å². The van der Waals surface area contributed by atoms with Crippen molar-refractivity contribution in [2.45, 2.75) is 19.4 Å². The molecule has 0 fully saturated rings. The van der Waals surface area contributed by atoms with E-state index in [2.05, 4.69) is 5.32 Å². The Morgan fingerprint density at radius 1 is 1.26 bits per heavy atom. The molecule has 2 unspecified atom stereocenters. The predicted molar refractivity (Wildman–Crippen MR) is 86.2 cm³/mol. The smallest absolute Gasteiger partial charge is 0.221 e. The highest BCUT2D eigenvalue weighted by atomic mass is 35.5. The van der Waals surface area contributed by atoms with E-state index < -0.39 is 12.0 Å². The number of hydrogen-bond acceptors (Lipinski definition) is 4. The van der Waals surface area contributed by atoms with E-state index in [1.165, 1.54) is 6.26 Å². The van der Waals surface area contributed by atoms with Crippen molar-refractivity contribution in [2.24, 2.45) is 5.92 Å². The zero-order valence-corrected chi connectivity index (χ0v) is 13.4. The number of rotatable bonds is 7. The van der Waals surface area contributed by atoms with Gasteiger partial charge in [-0.1, -0.05) is 18.5 Å². The first-order chi connectivity index (χ1) is 11.0. The fraction of sp³-hybridized carbons (Fsp3) is 0.294. The summed E-state index contributed by atoms with van der Waals surface area (Å²) in [4.78, 5) is 24.4. The topological polar surface area (TPSA) is 79.5 Å². The van der Waals surface area contributed by atoms with Gasteiger partial charge in [0, 0.05) is 22.9 Å². The Kier molecular flexibility index (Phi) is 5.96. The third-order valence-electron chi connectivity index (χ3n) is 3.47. The number of furan rings is 1. The Morgan fingerprint density at radius 3 is 2.52 bits per heavy atom. The van der Waals surface area contributed by atoms with Crippen molar-refractivity contribution in [2.75, 3.05) is 6.61 Å². The summed E-state index contributed by atoms with van der Waals surface area (Å²) in [6.07, 6.45) is 1.50. The second kappa shape index (κ2) is 7.94. The third kappa shape index (κ3) is 4.68. The van der Waals surface area contributed by atoms with Crippen LogP contribution >= 0.6 is 11.6 Å². The number of benzene rings is 1. The Labute approximate surface area is 139 Å². The van der Waals surface area contributed by atoms with Gasteiger partial charge in [-0.05, 0) is 36.4 Å². The monoisotopic (exact) mass is 335 g/mol. The highest BCUT2D eigenvalue weighted by Gasteiger charge is 2.21. The fourth-order valence-corrected chi connectivity index (χ4v) is 2.34.